The van der Waals surface area contributed by atoms with Gasteiger partial charge in [-0.05, 0) is 29.8 Å². The molecule has 3 N–H and O–H groups in total. The van der Waals surface area contributed by atoms with Crippen molar-refractivity contribution in [2.24, 2.45) is 0 Å². The number of benzene rings is 2. The van der Waals surface area contributed by atoms with Gasteiger partial charge in [0.25, 0.3) is 5.91 Å². The number of anilines is 1. The maximum atomic E-state index is 12.5. The second-order valence-electron chi connectivity index (χ2n) is 6.92. The molecule has 4 rings (SSSR count). The number of nitrogens with two attached hydrogens (primary N) is 1. The Hall–Kier alpha value is -4.64. The third-order valence-corrected chi connectivity index (χ3v) is 4.96. The van der Waals surface area contributed by atoms with Crippen molar-refractivity contribution in [2.75, 3.05) is 12.8 Å². The molecule has 0 aliphatic heterocycles. The van der Waals surface area contributed by atoms with Gasteiger partial charge in [0.05, 0.1) is 24.6 Å². The highest BCUT2D eigenvalue weighted by atomic mass is 16.5. The lowest BCUT2D eigenvalue weighted by Crippen LogP contribution is -2.23. The maximum Gasteiger partial charge on any atom is 0.255 e. The summed E-state index contributed by atoms with van der Waals surface area (Å²) in [5.74, 6) is 0.552. The number of nitrogens with zero attached hydrogens (tertiary/aromatic N) is 4. The van der Waals surface area contributed by atoms with Crippen LogP contribution >= 0.6 is 0 Å². The topological polar surface area (TPSA) is 119 Å². The number of nitrogens with one attached hydrogen (secondary N) is 1. The molecule has 8 nitrogen and oxygen atoms in total. The molecule has 0 fully saturated rings. The summed E-state index contributed by atoms with van der Waals surface area (Å²) in [5, 5.41) is 17.0. The standard InChI is InChI=1S/C24H20N6O2/c1-32-21-7-3-2-6-19(21)24(31)28-14-16-8-10-17(11-9-16)22-20(13-25)23(26)30(29-22)18-5-4-12-27-15-18/h2-12,15H,14,26H2,1H3,(H,28,31). The van der Waals surface area contributed by atoms with Crippen LogP contribution in [0.4, 0.5) is 5.82 Å². The van der Waals surface area contributed by atoms with E-state index in [2.05, 4.69) is 21.5 Å². The minimum absolute atomic E-state index is 0.221. The first-order chi connectivity index (χ1) is 15.6. The third kappa shape index (κ3) is 4.00. The summed E-state index contributed by atoms with van der Waals surface area (Å²) in [6, 6.07) is 20.2. The van der Waals surface area contributed by atoms with Gasteiger partial charge in [0.2, 0.25) is 0 Å². The molecule has 8 heteroatoms. The summed E-state index contributed by atoms with van der Waals surface area (Å²) < 4.78 is 6.74. The van der Waals surface area contributed by atoms with Crippen LogP contribution in [0.5, 0.6) is 5.75 Å². The van der Waals surface area contributed by atoms with E-state index in [0.29, 0.717) is 34.8 Å². The number of para-hydroxylation sites is 1. The van der Waals surface area contributed by atoms with Crippen LogP contribution in [0.15, 0.2) is 73.1 Å². The van der Waals surface area contributed by atoms with Crippen molar-refractivity contribution in [1.82, 2.24) is 20.1 Å². The molecule has 0 aliphatic carbocycles. The van der Waals surface area contributed by atoms with Crippen LogP contribution in [0.25, 0.3) is 16.9 Å². The van der Waals surface area contributed by atoms with E-state index in [-0.39, 0.29) is 11.7 Å². The first-order valence-electron chi connectivity index (χ1n) is 9.82. The quantitative estimate of drug-likeness (QED) is 0.490. The summed E-state index contributed by atoms with van der Waals surface area (Å²) in [7, 11) is 1.53. The van der Waals surface area contributed by atoms with E-state index in [9.17, 15) is 10.1 Å². The Balaban J connectivity index is 1.53. The van der Waals surface area contributed by atoms with Crippen LogP contribution in [0, 0.1) is 11.3 Å². The van der Waals surface area contributed by atoms with Gasteiger partial charge in [-0.15, -0.1) is 0 Å². The highest BCUT2D eigenvalue weighted by Crippen LogP contribution is 2.28. The zero-order valence-electron chi connectivity index (χ0n) is 17.3. The molecule has 4 aromatic rings. The first-order valence-corrected chi connectivity index (χ1v) is 9.82. The zero-order chi connectivity index (χ0) is 22.5. The Labute approximate surface area is 184 Å². The molecule has 0 radical (unpaired) electrons. The molecule has 2 heterocycles. The van der Waals surface area contributed by atoms with Crippen LogP contribution < -0.4 is 15.8 Å². The van der Waals surface area contributed by atoms with Gasteiger partial charge in [-0.25, -0.2) is 4.68 Å². The number of nitrogen functional groups attached to an aromatic ring is 1. The number of aromatic nitrogens is 3. The minimum atomic E-state index is -0.221. The summed E-state index contributed by atoms with van der Waals surface area (Å²) in [6.07, 6.45) is 3.28. The molecule has 0 unspecified atom stereocenters. The lowest BCUT2D eigenvalue weighted by Gasteiger charge is -2.09. The highest BCUT2D eigenvalue weighted by Gasteiger charge is 2.18. The number of amides is 1. The van der Waals surface area contributed by atoms with Crippen molar-refractivity contribution in [3.05, 3.63) is 89.7 Å². The molecule has 2 aromatic carbocycles. The molecule has 158 valence electrons. The van der Waals surface area contributed by atoms with E-state index in [1.165, 1.54) is 11.8 Å². The molecule has 0 spiro atoms. The lowest BCUT2D eigenvalue weighted by molar-refractivity contribution is 0.0948. The number of carbonyl (C=O) groups excluding carboxylic acids is 1. The minimum Gasteiger partial charge on any atom is -0.496 e. The largest absolute Gasteiger partial charge is 0.496 e. The molecule has 0 saturated heterocycles. The average Bonchev–Trinajstić information content (AvgIpc) is 3.19. The van der Waals surface area contributed by atoms with Gasteiger partial charge in [-0.2, -0.15) is 10.4 Å². The van der Waals surface area contributed by atoms with Gasteiger partial charge < -0.3 is 15.8 Å². The predicted octanol–water partition coefficient (Wildman–Crippen LogP) is 3.33. The second kappa shape index (κ2) is 9.02. The molecule has 0 bridgehead atoms. The number of ether oxygens (including phenoxy) is 1. The normalized spacial score (nSPS) is 10.4. The number of methoxy groups -OCH3 is 1. The van der Waals surface area contributed by atoms with Crippen molar-refractivity contribution >= 4 is 11.7 Å². The lowest BCUT2D eigenvalue weighted by atomic mass is 10.1. The number of pyridine rings is 1. The van der Waals surface area contributed by atoms with Crippen molar-refractivity contribution < 1.29 is 9.53 Å². The van der Waals surface area contributed by atoms with E-state index in [1.807, 2.05) is 36.4 Å². The number of rotatable bonds is 6. The molecule has 0 saturated carbocycles. The third-order valence-electron chi connectivity index (χ3n) is 4.96. The summed E-state index contributed by atoms with van der Waals surface area (Å²) in [4.78, 5) is 16.6. The molecular formula is C24H20N6O2. The Morgan fingerprint density at radius 3 is 2.62 bits per heavy atom. The van der Waals surface area contributed by atoms with E-state index in [0.717, 1.165) is 11.1 Å². The monoisotopic (exact) mass is 424 g/mol. The molecular weight excluding hydrogens is 404 g/mol. The van der Waals surface area contributed by atoms with Gasteiger partial charge in [-0.3, -0.25) is 9.78 Å². The molecule has 1 amide bonds. The first kappa shape index (κ1) is 20.6. The second-order valence-corrected chi connectivity index (χ2v) is 6.92. The van der Waals surface area contributed by atoms with Crippen molar-refractivity contribution in [1.29, 1.82) is 5.26 Å². The summed E-state index contributed by atoms with van der Waals surface area (Å²) >= 11 is 0. The highest BCUT2D eigenvalue weighted by molar-refractivity contribution is 5.96. The molecule has 0 aliphatic rings. The van der Waals surface area contributed by atoms with Crippen molar-refractivity contribution in [3.63, 3.8) is 0 Å². The average molecular weight is 424 g/mol. The zero-order valence-corrected chi connectivity index (χ0v) is 17.3. The van der Waals surface area contributed by atoms with Gasteiger partial charge in [0.15, 0.2) is 0 Å². The Kier molecular flexibility index (Phi) is 5.81. The van der Waals surface area contributed by atoms with Gasteiger partial charge >= 0.3 is 0 Å². The summed E-state index contributed by atoms with van der Waals surface area (Å²) in [5.41, 5.74) is 9.74. The van der Waals surface area contributed by atoms with E-state index >= 15 is 0 Å². The number of nitriles is 1. The van der Waals surface area contributed by atoms with Crippen molar-refractivity contribution in [3.8, 4) is 28.8 Å². The number of hydrogen-bond donors (Lipinski definition) is 2. The fourth-order valence-corrected chi connectivity index (χ4v) is 3.31. The Morgan fingerprint density at radius 1 is 1.16 bits per heavy atom. The van der Waals surface area contributed by atoms with E-state index < -0.39 is 0 Å². The maximum absolute atomic E-state index is 12.5. The van der Waals surface area contributed by atoms with Crippen molar-refractivity contribution in [2.45, 2.75) is 6.54 Å². The van der Waals surface area contributed by atoms with Gasteiger partial charge in [-0.1, -0.05) is 36.4 Å². The molecule has 0 atom stereocenters. The fourth-order valence-electron chi connectivity index (χ4n) is 3.31. The van der Waals surface area contributed by atoms with Gasteiger partial charge in [0.1, 0.15) is 28.9 Å². The Bertz CT molecular complexity index is 1290. The summed E-state index contributed by atoms with van der Waals surface area (Å²) in [6.45, 7) is 0.342. The van der Waals surface area contributed by atoms with Crippen LogP contribution in [-0.2, 0) is 6.54 Å². The number of carbonyl (C=O) groups is 1. The molecule has 2 aromatic heterocycles. The Morgan fingerprint density at radius 2 is 1.94 bits per heavy atom. The fraction of sp³-hybridized carbons (Fsp3) is 0.0833. The van der Waals surface area contributed by atoms with E-state index in [1.54, 1.807) is 36.7 Å². The van der Waals surface area contributed by atoms with Crippen LogP contribution in [0.3, 0.4) is 0 Å². The molecule has 32 heavy (non-hydrogen) atoms. The van der Waals surface area contributed by atoms with E-state index in [4.69, 9.17) is 10.5 Å². The number of hydrogen-bond acceptors (Lipinski definition) is 6. The van der Waals surface area contributed by atoms with Crippen LogP contribution in [0.2, 0.25) is 0 Å². The van der Waals surface area contributed by atoms with Crippen LogP contribution in [-0.4, -0.2) is 27.8 Å². The van der Waals surface area contributed by atoms with Gasteiger partial charge in [0, 0.05) is 18.3 Å². The smallest absolute Gasteiger partial charge is 0.255 e. The van der Waals surface area contributed by atoms with Crippen LogP contribution in [0.1, 0.15) is 21.5 Å². The predicted molar refractivity (Wildman–Crippen MR) is 120 cm³/mol. The SMILES string of the molecule is COc1ccccc1C(=O)NCc1ccc(-c2nn(-c3cccnc3)c(N)c2C#N)cc1.